The van der Waals surface area contributed by atoms with Gasteiger partial charge >= 0.3 is 11.4 Å². The molecule has 1 aromatic heterocycles. The van der Waals surface area contributed by atoms with E-state index in [4.69, 9.17) is 27.9 Å². The van der Waals surface area contributed by atoms with Crippen LogP contribution in [0.15, 0.2) is 62.0 Å². The van der Waals surface area contributed by atoms with Crippen LogP contribution >= 0.6 is 58.9 Å². The maximum Gasteiger partial charge on any atom is 0.355 e. The van der Waals surface area contributed by atoms with Crippen molar-refractivity contribution in [3.63, 3.8) is 0 Å². The molecule has 0 bridgehead atoms. The molecule has 3 aromatic rings. The van der Waals surface area contributed by atoms with Gasteiger partial charge < -0.3 is 20.7 Å². The Kier molecular flexibility index (Phi) is 14.2. The second kappa shape index (κ2) is 17.5. The summed E-state index contributed by atoms with van der Waals surface area (Å²) in [6.45, 7) is 4.42. The molecule has 0 amide bonds. The van der Waals surface area contributed by atoms with E-state index in [2.05, 4.69) is 30.9 Å². The number of thioether (sulfide) groups is 1. The molecule has 43 heavy (non-hydrogen) atoms. The minimum atomic E-state index is -0.642. The summed E-state index contributed by atoms with van der Waals surface area (Å²) in [6, 6.07) is 12.4. The monoisotopic (exact) mass is 760 g/mol. The van der Waals surface area contributed by atoms with Crippen LogP contribution in [0.5, 0.6) is 5.75 Å². The van der Waals surface area contributed by atoms with Crippen LogP contribution in [0, 0.1) is 0 Å². The molecule has 0 aliphatic carbocycles. The molecule has 3 N–H and O–H groups in total. The Balaban J connectivity index is 0.000000556. The number of nitrogens with one attached hydrogen (secondary N) is 3. The zero-order valence-corrected chi connectivity index (χ0v) is 28.6. The quantitative estimate of drug-likeness (QED) is 0.210. The van der Waals surface area contributed by atoms with Crippen molar-refractivity contribution in [2.75, 3.05) is 51.4 Å². The van der Waals surface area contributed by atoms with Crippen LogP contribution in [0.3, 0.4) is 0 Å². The normalized spacial score (nSPS) is 13.5. The van der Waals surface area contributed by atoms with Gasteiger partial charge in [0.1, 0.15) is 5.75 Å². The molecule has 2 aliphatic rings. The highest BCUT2D eigenvalue weighted by Crippen LogP contribution is 2.22. The molecule has 3 heterocycles. The van der Waals surface area contributed by atoms with Gasteiger partial charge in [0.15, 0.2) is 5.17 Å². The molecule has 232 valence electrons. The second-order valence-electron chi connectivity index (χ2n) is 9.37. The summed E-state index contributed by atoms with van der Waals surface area (Å²) < 4.78 is 7.77. The van der Waals surface area contributed by atoms with Crippen molar-refractivity contribution < 1.29 is 4.74 Å². The highest BCUT2D eigenvalue weighted by molar-refractivity contribution is 14.0. The van der Waals surface area contributed by atoms with E-state index in [9.17, 15) is 9.59 Å². The van der Waals surface area contributed by atoms with Gasteiger partial charge in [-0.3, -0.25) is 14.6 Å². The predicted octanol–water partition coefficient (Wildman–Crippen LogP) is 3.94. The van der Waals surface area contributed by atoms with Gasteiger partial charge in [0.25, 0.3) is 0 Å². The Labute approximate surface area is 281 Å². The molecule has 0 unspecified atom stereocenters. The third kappa shape index (κ3) is 10.2. The summed E-state index contributed by atoms with van der Waals surface area (Å²) in [6.07, 6.45) is 3.58. The van der Waals surface area contributed by atoms with E-state index < -0.39 is 11.4 Å². The smallest absolute Gasteiger partial charge is 0.355 e. The number of amidine groups is 2. The van der Waals surface area contributed by atoms with Crippen LogP contribution in [-0.2, 0) is 13.1 Å². The van der Waals surface area contributed by atoms with E-state index in [1.807, 2.05) is 30.5 Å². The number of hydrogen-bond acceptors (Lipinski definition) is 10. The molecule has 2 aliphatic heterocycles. The van der Waals surface area contributed by atoms with Crippen molar-refractivity contribution >= 4 is 75.9 Å². The van der Waals surface area contributed by atoms with Crippen molar-refractivity contribution in [2.45, 2.75) is 25.9 Å². The maximum atomic E-state index is 13.5. The number of methoxy groups -OCH3 is 1. The molecule has 0 saturated heterocycles. The van der Waals surface area contributed by atoms with Gasteiger partial charge in [0, 0.05) is 26.1 Å². The lowest BCUT2D eigenvalue weighted by molar-refractivity contribution is 0.414. The first kappa shape index (κ1) is 34.7. The number of nitrogens with zero attached hydrogens (tertiary/aromatic N) is 5. The van der Waals surface area contributed by atoms with E-state index >= 15 is 0 Å². The Morgan fingerprint density at radius 3 is 2.26 bits per heavy atom. The zero-order valence-electron chi connectivity index (χ0n) is 23.9. The lowest BCUT2D eigenvalue weighted by Gasteiger charge is -2.16. The number of hydrogen-bond donors (Lipinski definition) is 3. The largest absolute Gasteiger partial charge is 0.497 e. The van der Waals surface area contributed by atoms with Gasteiger partial charge in [-0.05, 0) is 48.1 Å². The van der Waals surface area contributed by atoms with Crippen LogP contribution in [0.2, 0.25) is 10.0 Å². The minimum Gasteiger partial charge on any atom is -0.497 e. The summed E-state index contributed by atoms with van der Waals surface area (Å²) in [7, 11) is 1.59. The first-order valence-electron chi connectivity index (χ1n) is 13.5. The highest BCUT2D eigenvalue weighted by atomic mass is 127. The van der Waals surface area contributed by atoms with Gasteiger partial charge in [0.05, 0.1) is 49.2 Å². The molecule has 15 heteroatoms. The van der Waals surface area contributed by atoms with E-state index in [0.29, 0.717) is 27.9 Å². The van der Waals surface area contributed by atoms with Crippen LogP contribution in [-0.4, -0.2) is 71.2 Å². The Bertz CT molecular complexity index is 1550. The average Bonchev–Trinajstić information content (AvgIpc) is 3.73. The first-order valence-corrected chi connectivity index (χ1v) is 15.5. The third-order valence-corrected chi connectivity index (χ3v) is 7.83. The lowest BCUT2D eigenvalue weighted by atomic mass is 10.2. The van der Waals surface area contributed by atoms with E-state index in [0.717, 1.165) is 60.2 Å². The number of ether oxygens (including phenoxy) is 1. The fourth-order valence-corrected chi connectivity index (χ4v) is 5.05. The standard InChI is InChI=1S/C24H26Cl2N6O3.C4H8N2S.HI/c1-35-18-7-4-16(5-8-18)14-31-22(29-10-2-3-21-27-11-12-28-21)30-23(33)32(24(31)34)15-17-6-9-19(25)20(26)13-17;1-7-4-5-2-3-6-4;/h4-9,13H,2-3,10-12,14-15H2,1H3,(H,27,28)(H,29,30,33);2-3H2,1H3,(H,5,6);1H. The van der Waals surface area contributed by atoms with Crippen molar-refractivity contribution in [3.05, 3.63) is 84.6 Å². The summed E-state index contributed by atoms with van der Waals surface area (Å²) in [5.74, 6) is 1.92. The number of aromatic nitrogens is 3. The summed E-state index contributed by atoms with van der Waals surface area (Å²) in [5.41, 5.74) is 0.413. The predicted molar refractivity (Wildman–Crippen MR) is 188 cm³/mol. The third-order valence-electron chi connectivity index (χ3n) is 6.43. The van der Waals surface area contributed by atoms with Gasteiger partial charge in [-0.15, -0.1) is 24.0 Å². The van der Waals surface area contributed by atoms with Crippen LogP contribution < -0.4 is 32.1 Å². The summed E-state index contributed by atoms with van der Waals surface area (Å²) in [4.78, 5) is 39.0. The minimum absolute atomic E-state index is 0. The van der Waals surface area contributed by atoms with Crippen LogP contribution in [0.25, 0.3) is 0 Å². The molecule has 0 atom stereocenters. The molecule has 0 saturated carbocycles. The number of rotatable bonds is 10. The van der Waals surface area contributed by atoms with Gasteiger partial charge in [-0.2, -0.15) is 4.98 Å². The average molecular weight is 762 g/mol. The van der Waals surface area contributed by atoms with Crippen molar-refractivity contribution in [1.29, 1.82) is 0 Å². The van der Waals surface area contributed by atoms with E-state index in [1.165, 1.54) is 4.57 Å². The molecule has 2 aromatic carbocycles. The van der Waals surface area contributed by atoms with Crippen LogP contribution in [0.4, 0.5) is 5.95 Å². The number of anilines is 1. The Morgan fingerprint density at radius 2 is 1.65 bits per heavy atom. The SMILES string of the molecule is COc1ccc(Cn2c(NCCCC3=NCCN3)nc(=O)n(Cc3ccc(Cl)c(Cl)c3)c2=O)cc1.CSC1=NCCN1.I. The van der Waals surface area contributed by atoms with Gasteiger partial charge in [-0.1, -0.05) is 53.2 Å². The fourth-order valence-electron chi connectivity index (χ4n) is 4.26. The van der Waals surface area contributed by atoms with Crippen molar-refractivity contribution in [1.82, 2.24) is 24.8 Å². The first-order chi connectivity index (χ1) is 20.4. The molecule has 0 spiro atoms. The molecule has 0 fully saturated rings. The van der Waals surface area contributed by atoms with Crippen LogP contribution in [0.1, 0.15) is 24.0 Å². The van der Waals surface area contributed by atoms with E-state index in [1.54, 1.807) is 37.1 Å². The fraction of sp³-hybridized carbons (Fsp3) is 0.393. The Hall–Kier alpha value is -2.75. The topological polar surface area (TPSA) is 127 Å². The molecule has 0 radical (unpaired) electrons. The van der Waals surface area contributed by atoms with Crippen molar-refractivity contribution in [3.8, 4) is 5.75 Å². The number of aliphatic imine (C=N–C) groups is 2. The summed E-state index contributed by atoms with van der Waals surface area (Å²) >= 11 is 13.8. The van der Waals surface area contributed by atoms with Crippen molar-refractivity contribution in [2.24, 2.45) is 9.98 Å². The second-order valence-corrected chi connectivity index (χ2v) is 11.0. The maximum absolute atomic E-state index is 13.5. The summed E-state index contributed by atoms with van der Waals surface area (Å²) in [5, 5.41) is 11.3. The van der Waals surface area contributed by atoms with Gasteiger partial charge in [-0.25, -0.2) is 14.2 Å². The zero-order chi connectivity index (χ0) is 29.9. The molecule has 5 rings (SSSR count). The number of benzene rings is 2. The highest BCUT2D eigenvalue weighted by Gasteiger charge is 2.15. The van der Waals surface area contributed by atoms with E-state index in [-0.39, 0.29) is 43.0 Å². The van der Waals surface area contributed by atoms with Gasteiger partial charge in [0.2, 0.25) is 5.95 Å². The Morgan fingerprint density at radius 1 is 0.953 bits per heavy atom. The molecular weight excluding hydrogens is 726 g/mol. The molecular formula is C28H35Cl2IN8O3S. The lowest BCUT2D eigenvalue weighted by Crippen LogP contribution is -2.43. The number of halogens is 3. The molecule has 11 nitrogen and oxygen atoms in total.